The zero-order valence-electron chi connectivity index (χ0n) is 17.8. The molecule has 2 aromatic rings. The average molecular weight is 418 g/mol. The molecule has 3 aliphatic rings. The second-order valence-electron chi connectivity index (χ2n) is 9.74. The number of halogens is 2. The van der Waals surface area contributed by atoms with Gasteiger partial charge in [0.25, 0.3) is 0 Å². The fraction of sp³-hybridized carbons (Fsp3) is 0.652. The van der Waals surface area contributed by atoms with Gasteiger partial charge in [0, 0.05) is 23.8 Å². The molecule has 3 heterocycles. The Kier molecular flexibility index (Phi) is 4.56. The van der Waals surface area contributed by atoms with Crippen molar-refractivity contribution in [1.82, 2.24) is 14.9 Å². The van der Waals surface area contributed by atoms with Crippen molar-refractivity contribution in [2.24, 2.45) is 17.8 Å². The summed E-state index contributed by atoms with van der Waals surface area (Å²) in [5.74, 6) is 1.25. The Hall–Kier alpha value is -2.18. The molecule has 162 valence electrons. The second kappa shape index (κ2) is 6.92. The van der Waals surface area contributed by atoms with E-state index in [0.717, 1.165) is 31.6 Å². The Bertz CT molecular complexity index is 984. The van der Waals surface area contributed by atoms with E-state index in [1.54, 1.807) is 0 Å². The number of likely N-dealkylation sites (tertiary alicyclic amines) is 1. The van der Waals surface area contributed by atoms with Crippen molar-refractivity contribution in [2.45, 2.75) is 70.1 Å². The van der Waals surface area contributed by atoms with E-state index in [9.17, 15) is 9.18 Å². The van der Waals surface area contributed by atoms with Crippen molar-refractivity contribution in [3.63, 3.8) is 0 Å². The van der Waals surface area contributed by atoms with Crippen LogP contribution in [0.3, 0.4) is 0 Å². The molecule has 5 nitrogen and oxygen atoms in total. The van der Waals surface area contributed by atoms with Crippen LogP contribution in [-0.4, -0.2) is 40.0 Å². The Morgan fingerprint density at radius 2 is 2.10 bits per heavy atom. The fourth-order valence-electron chi connectivity index (χ4n) is 6.58. The molecular weight excluding hydrogens is 388 g/mol. The van der Waals surface area contributed by atoms with Gasteiger partial charge < -0.3 is 14.6 Å². The van der Waals surface area contributed by atoms with Crippen LogP contribution in [0.5, 0.6) is 5.75 Å². The van der Waals surface area contributed by atoms with Crippen LogP contribution in [0.25, 0.3) is 11.0 Å². The summed E-state index contributed by atoms with van der Waals surface area (Å²) < 4.78 is 35.8. The maximum atomic E-state index is 15.9. The standard InChI is InChI=1S/C23H29F2N3O2/c1-12-6-15-8-13-7-14(4-5-16(12)13)28(15)19(29)9-23(2,25)17-10-26-22-20(17)21(24)18(30-3)11-27-22/h10-16H,4-9H2,1-3H3,(H,26,27). The van der Waals surface area contributed by atoms with E-state index in [-0.39, 0.29) is 46.8 Å². The molecule has 3 fully saturated rings. The largest absolute Gasteiger partial charge is 0.492 e. The highest BCUT2D eigenvalue weighted by atomic mass is 19.1. The Morgan fingerprint density at radius 1 is 1.33 bits per heavy atom. The number of aromatic nitrogens is 2. The number of carbonyl (C=O) groups excluding carboxylic acids is 1. The number of ether oxygens (including phenoxy) is 1. The molecule has 1 aliphatic heterocycles. The van der Waals surface area contributed by atoms with Crippen molar-refractivity contribution in [1.29, 1.82) is 0 Å². The lowest BCUT2D eigenvalue weighted by atomic mass is 9.60. The van der Waals surface area contributed by atoms with E-state index < -0.39 is 11.5 Å². The first-order valence-corrected chi connectivity index (χ1v) is 11.0. The van der Waals surface area contributed by atoms with E-state index in [1.807, 2.05) is 4.90 Å². The van der Waals surface area contributed by atoms with Crippen LogP contribution < -0.4 is 4.74 Å². The lowest BCUT2D eigenvalue weighted by molar-refractivity contribution is -0.151. The topological polar surface area (TPSA) is 58.2 Å². The third kappa shape index (κ3) is 2.92. The molecule has 1 saturated heterocycles. The molecule has 0 radical (unpaired) electrons. The Labute approximate surface area is 175 Å². The van der Waals surface area contributed by atoms with Gasteiger partial charge in [-0.15, -0.1) is 0 Å². The smallest absolute Gasteiger partial charge is 0.226 e. The quantitative estimate of drug-likeness (QED) is 0.784. The zero-order valence-corrected chi connectivity index (χ0v) is 17.8. The number of hydrogen-bond donors (Lipinski definition) is 1. The lowest BCUT2D eigenvalue weighted by Gasteiger charge is -2.57. The number of alkyl halides is 1. The number of methoxy groups -OCH3 is 1. The molecule has 5 rings (SSSR count). The Morgan fingerprint density at radius 3 is 2.87 bits per heavy atom. The van der Waals surface area contributed by atoms with Crippen LogP contribution in [0.2, 0.25) is 0 Å². The first kappa shape index (κ1) is 19.8. The highest BCUT2D eigenvalue weighted by Gasteiger charge is 2.50. The SMILES string of the molecule is COc1cnc2[nH]cc(C(C)(F)CC(=O)N3C4CCC5C(C)CC3CC5C4)c2c1F. The summed E-state index contributed by atoms with van der Waals surface area (Å²) in [5, 5.41) is 0.0534. The van der Waals surface area contributed by atoms with Gasteiger partial charge in [-0.3, -0.25) is 4.79 Å². The van der Waals surface area contributed by atoms with E-state index in [2.05, 4.69) is 16.9 Å². The van der Waals surface area contributed by atoms with Crippen LogP contribution in [0, 0.1) is 23.6 Å². The molecule has 0 aromatic carbocycles. The fourth-order valence-corrected chi connectivity index (χ4v) is 6.58. The van der Waals surface area contributed by atoms with Gasteiger partial charge in [-0.1, -0.05) is 6.92 Å². The molecule has 2 aliphatic carbocycles. The number of rotatable bonds is 4. The number of hydrogen-bond acceptors (Lipinski definition) is 3. The van der Waals surface area contributed by atoms with Gasteiger partial charge in [0.1, 0.15) is 11.3 Å². The first-order chi connectivity index (χ1) is 14.3. The third-order valence-corrected chi connectivity index (χ3v) is 7.91. The monoisotopic (exact) mass is 417 g/mol. The van der Waals surface area contributed by atoms with Gasteiger partial charge in [0.15, 0.2) is 11.6 Å². The summed E-state index contributed by atoms with van der Waals surface area (Å²) in [7, 11) is 1.35. The third-order valence-electron chi connectivity index (χ3n) is 7.91. The first-order valence-electron chi connectivity index (χ1n) is 11.0. The molecule has 0 spiro atoms. The summed E-state index contributed by atoms with van der Waals surface area (Å²) in [6.07, 6.45) is 7.67. The van der Waals surface area contributed by atoms with Gasteiger partial charge in [0.2, 0.25) is 5.91 Å². The minimum absolute atomic E-state index is 0.0412. The number of amides is 1. The molecular formula is C23H29F2N3O2. The molecule has 6 atom stereocenters. The number of nitrogens with one attached hydrogen (secondary N) is 1. The maximum absolute atomic E-state index is 15.9. The van der Waals surface area contributed by atoms with Crippen LogP contribution in [0.4, 0.5) is 8.78 Å². The predicted octanol–water partition coefficient (Wildman–Crippen LogP) is 4.71. The van der Waals surface area contributed by atoms with Gasteiger partial charge in [-0.2, -0.15) is 0 Å². The van der Waals surface area contributed by atoms with Crippen molar-refractivity contribution >= 4 is 16.9 Å². The average Bonchev–Trinajstić information content (AvgIpc) is 3.13. The summed E-state index contributed by atoms with van der Waals surface area (Å²) in [6, 6.07) is 0.437. The number of aromatic amines is 1. The van der Waals surface area contributed by atoms with Gasteiger partial charge in [0.05, 0.1) is 25.1 Å². The molecule has 1 N–H and O–H groups in total. The van der Waals surface area contributed by atoms with Crippen molar-refractivity contribution in [3.8, 4) is 5.75 Å². The summed E-state index contributed by atoms with van der Waals surface area (Å²) in [4.78, 5) is 22.3. The van der Waals surface area contributed by atoms with Crippen molar-refractivity contribution < 1.29 is 18.3 Å². The van der Waals surface area contributed by atoms with Crippen LogP contribution in [0.1, 0.15) is 57.9 Å². The van der Waals surface area contributed by atoms with Crippen LogP contribution >= 0.6 is 0 Å². The lowest BCUT2D eigenvalue weighted by Crippen LogP contribution is -2.59. The molecule has 6 unspecified atom stereocenters. The zero-order chi connectivity index (χ0) is 21.2. The number of carbonyl (C=O) groups is 1. The highest BCUT2D eigenvalue weighted by Crippen LogP contribution is 2.51. The summed E-state index contributed by atoms with van der Waals surface area (Å²) in [5.41, 5.74) is -1.65. The van der Waals surface area contributed by atoms with E-state index >= 15 is 4.39 Å². The number of pyridine rings is 1. The normalized spacial score (nSPS) is 32.3. The summed E-state index contributed by atoms with van der Waals surface area (Å²) in [6.45, 7) is 3.66. The molecule has 30 heavy (non-hydrogen) atoms. The highest BCUT2D eigenvalue weighted by molar-refractivity contribution is 5.85. The summed E-state index contributed by atoms with van der Waals surface area (Å²) >= 11 is 0. The number of piperidine rings is 1. The van der Waals surface area contributed by atoms with E-state index in [1.165, 1.54) is 32.8 Å². The van der Waals surface area contributed by atoms with Gasteiger partial charge in [-0.05, 0) is 56.8 Å². The van der Waals surface area contributed by atoms with Crippen LogP contribution in [-0.2, 0) is 10.5 Å². The maximum Gasteiger partial charge on any atom is 0.226 e. The van der Waals surface area contributed by atoms with Crippen LogP contribution in [0.15, 0.2) is 12.4 Å². The predicted molar refractivity (Wildman–Crippen MR) is 109 cm³/mol. The van der Waals surface area contributed by atoms with Gasteiger partial charge >= 0.3 is 0 Å². The van der Waals surface area contributed by atoms with Crippen molar-refractivity contribution in [3.05, 3.63) is 23.8 Å². The molecule has 2 aromatic heterocycles. The van der Waals surface area contributed by atoms with E-state index in [4.69, 9.17) is 4.74 Å². The number of nitrogens with zero attached hydrogens (tertiary/aromatic N) is 2. The Balaban J connectivity index is 1.44. The minimum Gasteiger partial charge on any atom is -0.492 e. The molecule has 3 bridgehead atoms. The molecule has 1 amide bonds. The van der Waals surface area contributed by atoms with Crippen molar-refractivity contribution in [2.75, 3.05) is 7.11 Å². The number of H-pyrrole nitrogens is 1. The van der Waals surface area contributed by atoms with E-state index in [0.29, 0.717) is 11.8 Å². The molecule has 2 saturated carbocycles. The minimum atomic E-state index is -2.02. The molecule has 7 heteroatoms. The van der Waals surface area contributed by atoms with Gasteiger partial charge in [-0.25, -0.2) is 13.8 Å². The second-order valence-corrected chi connectivity index (χ2v) is 9.74. The number of fused-ring (bicyclic) bond motifs is 3.